The van der Waals surface area contributed by atoms with Gasteiger partial charge in [0.05, 0.1) is 12.2 Å². The second-order valence-electron chi connectivity index (χ2n) is 6.99. The van der Waals surface area contributed by atoms with Crippen molar-refractivity contribution in [2.75, 3.05) is 20.2 Å². The highest BCUT2D eigenvalue weighted by molar-refractivity contribution is 9.10. The molecule has 0 aromatic heterocycles. The van der Waals surface area contributed by atoms with Crippen LogP contribution in [0.1, 0.15) is 17.9 Å². The number of fused-ring (bicyclic) bond motifs is 1. The number of phenolic OH excluding ortho intramolecular Hbond substituents is 1. The molecular formula is C21H20BrNO4. The van der Waals surface area contributed by atoms with Gasteiger partial charge >= 0.3 is 0 Å². The second kappa shape index (κ2) is 7.11. The van der Waals surface area contributed by atoms with E-state index < -0.39 is 0 Å². The third-order valence-electron chi connectivity index (χ3n) is 5.43. The molecule has 1 aromatic carbocycles. The van der Waals surface area contributed by atoms with E-state index in [0.717, 1.165) is 23.0 Å². The van der Waals surface area contributed by atoms with Gasteiger partial charge in [-0.1, -0.05) is 22.0 Å². The summed E-state index contributed by atoms with van der Waals surface area (Å²) >= 11 is 3.49. The molecule has 0 amide bonds. The van der Waals surface area contributed by atoms with Gasteiger partial charge in [0.1, 0.15) is 17.3 Å². The van der Waals surface area contributed by atoms with Gasteiger partial charge in [-0.2, -0.15) is 0 Å². The van der Waals surface area contributed by atoms with Crippen LogP contribution in [0.3, 0.4) is 0 Å². The molecule has 0 radical (unpaired) electrons. The monoisotopic (exact) mass is 429 g/mol. The quantitative estimate of drug-likeness (QED) is 0.664. The lowest BCUT2D eigenvalue weighted by Gasteiger charge is -2.24. The van der Waals surface area contributed by atoms with E-state index in [1.54, 1.807) is 36.4 Å². The first-order chi connectivity index (χ1) is 13.0. The zero-order valence-corrected chi connectivity index (χ0v) is 16.4. The molecular weight excluding hydrogens is 410 g/mol. The molecule has 5 nitrogen and oxygen atoms in total. The van der Waals surface area contributed by atoms with Crippen molar-refractivity contribution in [2.45, 2.75) is 18.4 Å². The minimum Gasteiger partial charge on any atom is -0.508 e. The highest BCUT2D eigenvalue weighted by atomic mass is 79.9. The highest BCUT2D eigenvalue weighted by Gasteiger charge is 2.35. The first-order valence-corrected chi connectivity index (χ1v) is 9.65. The van der Waals surface area contributed by atoms with Gasteiger partial charge in [-0.15, -0.1) is 0 Å². The molecule has 0 bridgehead atoms. The molecule has 3 aliphatic rings. The second-order valence-corrected chi connectivity index (χ2v) is 7.84. The Hall–Kier alpha value is -2.15. The third-order valence-corrected chi connectivity index (χ3v) is 6.12. The molecule has 1 aliphatic carbocycles. The van der Waals surface area contributed by atoms with Crippen molar-refractivity contribution in [3.63, 3.8) is 0 Å². The van der Waals surface area contributed by atoms with E-state index in [4.69, 9.17) is 4.42 Å². The summed E-state index contributed by atoms with van der Waals surface area (Å²) in [6.45, 7) is 0.938. The van der Waals surface area contributed by atoms with Crippen LogP contribution in [-0.2, 0) is 0 Å². The Balaban J connectivity index is 1.90. The number of aromatic hydroxyl groups is 1. The molecule has 1 aromatic rings. The van der Waals surface area contributed by atoms with E-state index in [1.807, 2.05) is 13.1 Å². The molecule has 2 atom stereocenters. The Kier molecular flexibility index (Phi) is 4.80. The van der Waals surface area contributed by atoms with E-state index in [9.17, 15) is 15.0 Å². The summed E-state index contributed by atoms with van der Waals surface area (Å²) in [6.07, 6.45) is 0.893. The standard InChI is InChI=1S/C21H20BrNO4/c1-23-9-8-13(18(23)11-24)14-3-6-19(26)15-4-7-20(27-21(14)15)16-10-12(25)2-5-17(16)22/h2-7,10,13,18,24-25H,8-9,11H2,1H3. The van der Waals surface area contributed by atoms with Crippen molar-refractivity contribution in [3.8, 4) is 28.4 Å². The van der Waals surface area contributed by atoms with Crippen molar-refractivity contribution >= 4 is 15.9 Å². The van der Waals surface area contributed by atoms with Gasteiger partial charge in [-0.05, 0) is 56.4 Å². The first kappa shape index (κ1) is 18.2. The van der Waals surface area contributed by atoms with Crippen molar-refractivity contribution in [1.29, 1.82) is 0 Å². The number of hydrogen-bond acceptors (Lipinski definition) is 5. The van der Waals surface area contributed by atoms with Gasteiger partial charge in [0, 0.05) is 27.6 Å². The Morgan fingerprint density at radius 3 is 2.78 bits per heavy atom. The lowest BCUT2D eigenvalue weighted by Crippen LogP contribution is -2.32. The van der Waals surface area contributed by atoms with Crippen LogP contribution in [0.15, 0.2) is 56.1 Å². The smallest absolute Gasteiger partial charge is 0.189 e. The number of halogens is 1. The predicted molar refractivity (Wildman–Crippen MR) is 107 cm³/mol. The van der Waals surface area contributed by atoms with Gasteiger partial charge in [0.2, 0.25) is 0 Å². The van der Waals surface area contributed by atoms with Crippen molar-refractivity contribution < 1.29 is 14.6 Å². The summed E-state index contributed by atoms with van der Waals surface area (Å²) in [5.74, 6) is 1.34. The SMILES string of the molecule is CN1CCC(c2ccc(=O)c3ccc(-c4cc(O)ccc4Br)oc2-3)C1CO. The van der Waals surface area contributed by atoms with Crippen molar-refractivity contribution in [1.82, 2.24) is 4.90 Å². The van der Waals surface area contributed by atoms with Gasteiger partial charge in [0.25, 0.3) is 0 Å². The molecule has 27 heavy (non-hydrogen) atoms. The zero-order chi connectivity index (χ0) is 19.1. The van der Waals surface area contributed by atoms with Crippen LogP contribution in [0.25, 0.3) is 22.6 Å². The lowest BCUT2D eigenvalue weighted by atomic mass is 9.88. The van der Waals surface area contributed by atoms with Crippen LogP contribution in [0.2, 0.25) is 0 Å². The first-order valence-electron chi connectivity index (χ1n) is 8.86. The number of benzene rings is 2. The van der Waals surface area contributed by atoms with Crippen LogP contribution in [0, 0.1) is 0 Å². The van der Waals surface area contributed by atoms with Gasteiger partial charge in [-0.3, -0.25) is 4.79 Å². The van der Waals surface area contributed by atoms with E-state index in [1.165, 1.54) is 0 Å². The number of aliphatic hydroxyl groups is 1. The number of likely N-dealkylation sites (N-methyl/N-ethyl adjacent to an activating group) is 1. The lowest BCUT2D eigenvalue weighted by molar-refractivity contribution is 0.172. The maximum atomic E-state index is 12.4. The van der Waals surface area contributed by atoms with Crippen molar-refractivity contribution in [3.05, 3.63) is 62.7 Å². The number of phenols is 1. The molecule has 0 spiro atoms. The van der Waals surface area contributed by atoms with Gasteiger partial charge in [-0.25, -0.2) is 0 Å². The van der Waals surface area contributed by atoms with E-state index in [-0.39, 0.29) is 29.7 Å². The molecule has 0 saturated carbocycles. The molecule has 2 heterocycles. The molecule has 1 fully saturated rings. The Bertz CT molecular complexity index is 1020. The zero-order valence-electron chi connectivity index (χ0n) is 14.9. The fraction of sp³-hybridized carbons (Fsp3) is 0.286. The summed E-state index contributed by atoms with van der Waals surface area (Å²) < 4.78 is 6.98. The van der Waals surface area contributed by atoms with E-state index in [0.29, 0.717) is 22.6 Å². The van der Waals surface area contributed by atoms with E-state index >= 15 is 0 Å². The number of hydrogen-bond donors (Lipinski definition) is 2. The Morgan fingerprint density at radius 2 is 2.00 bits per heavy atom. The van der Waals surface area contributed by atoms with Crippen molar-refractivity contribution in [2.24, 2.45) is 0 Å². The molecule has 6 heteroatoms. The van der Waals surface area contributed by atoms with Gasteiger partial charge in [0.15, 0.2) is 5.43 Å². The minimum atomic E-state index is -0.0917. The number of likely N-dealkylation sites (tertiary alicyclic amines) is 1. The molecule has 2 N–H and O–H groups in total. The van der Waals surface area contributed by atoms with Gasteiger partial charge < -0.3 is 19.5 Å². The number of aliphatic hydroxyl groups excluding tert-OH is 1. The molecule has 2 unspecified atom stereocenters. The Morgan fingerprint density at radius 1 is 1.19 bits per heavy atom. The summed E-state index contributed by atoms with van der Waals surface area (Å²) in [7, 11) is 2.00. The molecule has 140 valence electrons. The van der Waals surface area contributed by atoms with Crippen LogP contribution >= 0.6 is 15.9 Å². The minimum absolute atomic E-state index is 0.00272. The normalized spacial score (nSPS) is 20.4. The maximum absolute atomic E-state index is 12.4. The fourth-order valence-corrected chi connectivity index (χ4v) is 4.39. The van der Waals surface area contributed by atoms with Crippen LogP contribution in [0.5, 0.6) is 5.75 Å². The molecule has 4 rings (SSSR count). The van der Waals surface area contributed by atoms with E-state index in [2.05, 4.69) is 20.8 Å². The largest absolute Gasteiger partial charge is 0.508 e. The number of nitrogens with zero attached hydrogens (tertiary/aromatic N) is 1. The van der Waals surface area contributed by atoms with Crippen LogP contribution in [-0.4, -0.2) is 41.4 Å². The average molecular weight is 430 g/mol. The summed E-state index contributed by atoms with van der Waals surface area (Å²) in [6, 6.07) is 11.9. The maximum Gasteiger partial charge on any atom is 0.189 e. The highest BCUT2D eigenvalue weighted by Crippen LogP contribution is 2.40. The molecule has 2 aliphatic heterocycles. The summed E-state index contributed by atoms with van der Waals surface area (Å²) in [5.41, 5.74) is 2.08. The summed E-state index contributed by atoms with van der Waals surface area (Å²) in [4.78, 5) is 14.5. The summed E-state index contributed by atoms with van der Waals surface area (Å²) in [5, 5.41) is 19.7. The van der Waals surface area contributed by atoms with Crippen LogP contribution in [0.4, 0.5) is 0 Å². The fourth-order valence-electron chi connectivity index (χ4n) is 3.95. The number of rotatable bonds is 3. The molecule has 1 saturated heterocycles. The predicted octanol–water partition coefficient (Wildman–Crippen LogP) is 3.66. The third kappa shape index (κ3) is 3.18. The topological polar surface area (TPSA) is 73.9 Å². The Labute approximate surface area is 165 Å². The average Bonchev–Trinajstić information content (AvgIpc) is 3.04. The van der Waals surface area contributed by atoms with Crippen LogP contribution < -0.4 is 5.43 Å².